The minimum absolute atomic E-state index is 0.228. The number of nitriles is 1. The summed E-state index contributed by atoms with van der Waals surface area (Å²) in [4.78, 5) is 2.16. The van der Waals surface area contributed by atoms with Crippen LogP contribution in [-0.2, 0) is 6.54 Å². The van der Waals surface area contributed by atoms with Crippen molar-refractivity contribution in [2.45, 2.75) is 25.2 Å². The first-order valence-electron chi connectivity index (χ1n) is 7.96. The van der Waals surface area contributed by atoms with E-state index in [9.17, 15) is 10.4 Å². The van der Waals surface area contributed by atoms with Crippen LogP contribution in [0.1, 0.15) is 17.5 Å². The highest BCUT2D eigenvalue weighted by atomic mass is 35.5. The molecule has 0 aliphatic carbocycles. The van der Waals surface area contributed by atoms with Gasteiger partial charge in [-0.25, -0.2) is 0 Å². The van der Waals surface area contributed by atoms with E-state index < -0.39 is 6.10 Å². The lowest BCUT2D eigenvalue weighted by molar-refractivity contribution is -0.0275. The van der Waals surface area contributed by atoms with Crippen molar-refractivity contribution < 1.29 is 9.84 Å². The lowest BCUT2D eigenvalue weighted by atomic mass is 10.0. The summed E-state index contributed by atoms with van der Waals surface area (Å²) in [6.45, 7) is 2.00. The normalized spacial score (nSPS) is 21.2. The zero-order valence-electron chi connectivity index (χ0n) is 13.2. The Hall–Kier alpha value is -2.06. The molecule has 0 bridgehead atoms. The minimum atomic E-state index is -0.566. The summed E-state index contributed by atoms with van der Waals surface area (Å²) in [6, 6.07) is 17.0. The van der Waals surface area contributed by atoms with E-state index in [1.165, 1.54) is 0 Å². The van der Waals surface area contributed by atoms with E-state index in [-0.39, 0.29) is 6.10 Å². The Labute approximate surface area is 146 Å². The molecule has 0 radical (unpaired) electrons. The van der Waals surface area contributed by atoms with E-state index >= 15 is 0 Å². The third-order valence-corrected chi connectivity index (χ3v) is 4.49. The van der Waals surface area contributed by atoms with Gasteiger partial charge >= 0.3 is 0 Å². The fraction of sp³-hybridized carbons (Fsp3) is 0.316. The van der Waals surface area contributed by atoms with Gasteiger partial charge in [0.1, 0.15) is 18.0 Å². The molecule has 1 aliphatic rings. The molecule has 1 heterocycles. The van der Waals surface area contributed by atoms with E-state index in [2.05, 4.69) is 11.0 Å². The molecule has 2 aromatic rings. The Morgan fingerprint density at radius 1 is 1.21 bits per heavy atom. The minimum Gasteiger partial charge on any atom is -0.488 e. The van der Waals surface area contributed by atoms with Gasteiger partial charge in [-0.2, -0.15) is 5.26 Å². The maximum Gasteiger partial charge on any atom is 0.127 e. The molecule has 0 aromatic heterocycles. The van der Waals surface area contributed by atoms with Crippen LogP contribution in [0.4, 0.5) is 0 Å². The van der Waals surface area contributed by atoms with Crippen LogP contribution in [0.25, 0.3) is 0 Å². The SMILES string of the molecule is N#Cc1ccccc1CN1CC[C@@H](Oc2ccc(Cl)cc2)[C@H](O)C1. The number of benzene rings is 2. The second-order valence-corrected chi connectivity index (χ2v) is 6.41. The number of aliphatic hydroxyl groups is 1. The largest absolute Gasteiger partial charge is 0.488 e. The average Bonchev–Trinajstić information content (AvgIpc) is 2.60. The van der Waals surface area contributed by atoms with Crippen LogP contribution in [0.2, 0.25) is 5.02 Å². The van der Waals surface area contributed by atoms with Crippen molar-refractivity contribution in [3.05, 3.63) is 64.7 Å². The standard InChI is InChI=1S/C19H19ClN2O2/c20-16-5-7-17(8-6-16)24-19-9-10-22(13-18(19)23)12-15-4-2-1-3-14(15)11-21/h1-8,18-19,23H,9-10,12-13H2/t18-,19-/m1/s1. The number of nitrogens with zero attached hydrogens (tertiary/aromatic N) is 2. The highest BCUT2D eigenvalue weighted by molar-refractivity contribution is 6.30. The molecule has 0 spiro atoms. The highest BCUT2D eigenvalue weighted by Crippen LogP contribution is 2.22. The van der Waals surface area contributed by atoms with Gasteiger partial charge in [-0.3, -0.25) is 4.90 Å². The van der Waals surface area contributed by atoms with Crippen molar-refractivity contribution in [2.24, 2.45) is 0 Å². The van der Waals surface area contributed by atoms with Crippen LogP contribution in [0.5, 0.6) is 5.75 Å². The van der Waals surface area contributed by atoms with Gasteiger partial charge in [0.2, 0.25) is 0 Å². The van der Waals surface area contributed by atoms with Crippen LogP contribution in [0.3, 0.4) is 0 Å². The molecule has 1 fully saturated rings. The monoisotopic (exact) mass is 342 g/mol. The Morgan fingerprint density at radius 2 is 1.96 bits per heavy atom. The molecule has 2 atom stereocenters. The van der Waals surface area contributed by atoms with Crippen LogP contribution in [-0.4, -0.2) is 35.3 Å². The third-order valence-electron chi connectivity index (χ3n) is 4.24. The first-order chi connectivity index (χ1) is 11.7. The van der Waals surface area contributed by atoms with Gasteiger partial charge in [0.05, 0.1) is 11.6 Å². The number of hydrogen-bond acceptors (Lipinski definition) is 4. The lowest BCUT2D eigenvalue weighted by Crippen LogP contribution is -2.48. The second kappa shape index (κ2) is 7.67. The zero-order valence-corrected chi connectivity index (χ0v) is 14.0. The van der Waals surface area contributed by atoms with E-state index in [0.29, 0.717) is 29.4 Å². The van der Waals surface area contributed by atoms with E-state index in [0.717, 1.165) is 18.5 Å². The van der Waals surface area contributed by atoms with E-state index in [4.69, 9.17) is 16.3 Å². The Balaban J connectivity index is 1.59. The van der Waals surface area contributed by atoms with Crippen molar-refractivity contribution in [1.82, 2.24) is 4.90 Å². The summed E-state index contributed by atoms with van der Waals surface area (Å²) in [5.41, 5.74) is 1.68. The highest BCUT2D eigenvalue weighted by Gasteiger charge is 2.29. The quantitative estimate of drug-likeness (QED) is 0.926. The second-order valence-electron chi connectivity index (χ2n) is 5.97. The fourth-order valence-electron chi connectivity index (χ4n) is 2.95. The van der Waals surface area contributed by atoms with Gasteiger partial charge < -0.3 is 9.84 Å². The maximum atomic E-state index is 10.4. The summed E-state index contributed by atoms with van der Waals surface area (Å²) in [5.74, 6) is 0.715. The molecule has 0 saturated carbocycles. The molecule has 2 aromatic carbocycles. The van der Waals surface area contributed by atoms with Crippen LogP contribution >= 0.6 is 11.6 Å². The molecule has 4 nitrogen and oxygen atoms in total. The molecule has 1 aliphatic heterocycles. The van der Waals surface area contributed by atoms with E-state index in [1.54, 1.807) is 12.1 Å². The Kier molecular flexibility index (Phi) is 5.37. The molecular weight excluding hydrogens is 324 g/mol. The molecular formula is C19H19ClN2O2. The van der Waals surface area contributed by atoms with Gasteiger partial charge in [0, 0.05) is 24.7 Å². The molecule has 5 heteroatoms. The fourth-order valence-corrected chi connectivity index (χ4v) is 3.08. The van der Waals surface area contributed by atoms with Crippen molar-refractivity contribution in [2.75, 3.05) is 13.1 Å². The predicted molar refractivity (Wildman–Crippen MR) is 92.9 cm³/mol. The van der Waals surface area contributed by atoms with Gasteiger partial charge in [0.25, 0.3) is 0 Å². The number of β-amino-alcohol motifs (C(OH)–C–C–N with tert-alkyl or cyclic N) is 1. The molecule has 124 valence electrons. The van der Waals surface area contributed by atoms with Crippen LogP contribution < -0.4 is 4.74 Å². The first-order valence-corrected chi connectivity index (χ1v) is 8.34. The zero-order chi connectivity index (χ0) is 16.9. The Morgan fingerprint density at radius 3 is 2.67 bits per heavy atom. The third kappa shape index (κ3) is 4.07. The average molecular weight is 343 g/mol. The smallest absolute Gasteiger partial charge is 0.127 e. The van der Waals surface area contributed by atoms with Crippen molar-refractivity contribution in [3.8, 4) is 11.8 Å². The van der Waals surface area contributed by atoms with Gasteiger partial charge in [-0.05, 0) is 42.3 Å². The van der Waals surface area contributed by atoms with E-state index in [1.807, 2.05) is 36.4 Å². The number of piperidine rings is 1. The summed E-state index contributed by atoms with van der Waals surface area (Å²) in [5, 5.41) is 20.2. The molecule has 0 unspecified atom stereocenters. The topological polar surface area (TPSA) is 56.5 Å². The summed E-state index contributed by atoms with van der Waals surface area (Å²) in [7, 11) is 0. The van der Waals surface area contributed by atoms with Crippen molar-refractivity contribution >= 4 is 11.6 Å². The first kappa shape index (κ1) is 16.8. The summed E-state index contributed by atoms with van der Waals surface area (Å²) < 4.78 is 5.88. The summed E-state index contributed by atoms with van der Waals surface area (Å²) >= 11 is 5.87. The van der Waals surface area contributed by atoms with Gasteiger partial charge in [-0.15, -0.1) is 0 Å². The predicted octanol–water partition coefficient (Wildman–Crippen LogP) is 3.23. The molecule has 0 amide bonds. The van der Waals surface area contributed by atoms with Gasteiger partial charge in [-0.1, -0.05) is 29.8 Å². The number of halogens is 1. The number of rotatable bonds is 4. The van der Waals surface area contributed by atoms with Crippen molar-refractivity contribution in [1.29, 1.82) is 5.26 Å². The molecule has 1 N–H and O–H groups in total. The molecule has 24 heavy (non-hydrogen) atoms. The van der Waals surface area contributed by atoms with Crippen LogP contribution in [0.15, 0.2) is 48.5 Å². The lowest BCUT2D eigenvalue weighted by Gasteiger charge is -2.36. The maximum absolute atomic E-state index is 10.4. The Bertz CT molecular complexity index is 727. The number of ether oxygens (including phenoxy) is 1. The molecule has 1 saturated heterocycles. The van der Waals surface area contributed by atoms with Crippen LogP contribution in [0, 0.1) is 11.3 Å². The number of aliphatic hydroxyl groups excluding tert-OH is 1. The number of hydrogen-bond donors (Lipinski definition) is 1. The molecule has 3 rings (SSSR count). The summed E-state index contributed by atoms with van der Waals surface area (Å²) in [6.07, 6.45) is -0.0595. The van der Waals surface area contributed by atoms with Crippen molar-refractivity contribution in [3.63, 3.8) is 0 Å². The van der Waals surface area contributed by atoms with Gasteiger partial charge in [0.15, 0.2) is 0 Å². The number of likely N-dealkylation sites (tertiary alicyclic amines) is 1.